The van der Waals surface area contributed by atoms with Gasteiger partial charge in [-0.15, -0.1) is 6.54 Å². The molecule has 9 heavy (non-hydrogen) atoms. The van der Waals surface area contributed by atoms with Crippen molar-refractivity contribution in [2.75, 3.05) is 13.6 Å². The van der Waals surface area contributed by atoms with Crippen molar-refractivity contribution in [3.63, 3.8) is 0 Å². The van der Waals surface area contributed by atoms with Crippen molar-refractivity contribution in [3.05, 3.63) is 24.0 Å². The smallest absolute Gasteiger partial charge is 0.0945 e. The van der Waals surface area contributed by atoms with Crippen LogP contribution in [-0.2, 0) is 6.54 Å². The molecule has 0 saturated heterocycles. The number of rotatable bonds is 3. The van der Waals surface area contributed by atoms with Gasteiger partial charge >= 0.3 is 0 Å². The van der Waals surface area contributed by atoms with E-state index in [2.05, 4.69) is 10.3 Å². The average Bonchev–Trinajstić information content (AvgIpc) is 2.34. The Bertz CT molecular complexity index is 145. The molecule has 0 aromatic carbocycles. The number of nitrogens with zero attached hydrogens (tertiary/aromatic N) is 3. The maximum atomic E-state index is 3.96. The number of hydrogen-bond donors (Lipinski definition) is 0. The van der Waals surface area contributed by atoms with Crippen molar-refractivity contribution >= 4 is 0 Å². The second kappa shape index (κ2) is 3.25. The van der Waals surface area contributed by atoms with E-state index in [1.165, 1.54) is 0 Å². The van der Waals surface area contributed by atoms with Gasteiger partial charge in [-0.2, -0.15) is 7.05 Å². The Morgan fingerprint density at radius 1 is 1.67 bits per heavy atom. The van der Waals surface area contributed by atoms with Gasteiger partial charge in [-0.25, -0.2) is 4.98 Å². The fraction of sp³-hybridized carbons (Fsp3) is 0.500. The molecule has 0 radical (unpaired) electrons. The van der Waals surface area contributed by atoms with Crippen molar-refractivity contribution in [2.45, 2.75) is 6.54 Å². The summed E-state index contributed by atoms with van der Waals surface area (Å²) in [6.07, 6.45) is 5.51. The van der Waals surface area contributed by atoms with Gasteiger partial charge in [0, 0.05) is 18.9 Å². The maximum absolute atomic E-state index is 3.96. The fourth-order valence-electron chi connectivity index (χ4n) is 0.634. The molecule has 1 rings (SSSR count). The molecule has 0 N–H and O–H groups in total. The molecule has 0 bridgehead atoms. The van der Waals surface area contributed by atoms with Gasteiger partial charge in [-0.05, 0) is 0 Å². The zero-order valence-corrected chi connectivity index (χ0v) is 5.49. The standard InChI is InChI=1S/C6H10N3/c1-7-2-4-9-5-3-8-6-9/h3,5-6H,2,4H2,1H3/q-1. The first-order chi connectivity index (χ1) is 4.43. The van der Waals surface area contributed by atoms with E-state index in [9.17, 15) is 0 Å². The van der Waals surface area contributed by atoms with Gasteiger partial charge in [0.05, 0.1) is 6.33 Å². The Kier molecular flexibility index (Phi) is 2.27. The van der Waals surface area contributed by atoms with E-state index >= 15 is 0 Å². The van der Waals surface area contributed by atoms with E-state index in [0.29, 0.717) is 0 Å². The third-order valence-corrected chi connectivity index (χ3v) is 1.14. The summed E-state index contributed by atoms with van der Waals surface area (Å²) in [6.45, 7) is 1.81. The number of hydrogen-bond acceptors (Lipinski definition) is 1. The van der Waals surface area contributed by atoms with Gasteiger partial charge in [-0.1, -0.05) is 0 Å². The molecule has 1 heterocycles. The van der Waals surface area contributed by atoms with Crippen molar-refractivity contribution in [3.8, 4) is 0 Å². The van der Waals surface area contributed by atoms with Crippen LogP contribution in [0.1, 0.15) is 0 Å². The van der Waals surface area contributed by atoms with E-state index in [4.69, 9.17) is 0 Å². The topological polar surface area (TPSA) is 31.9 Å². The first-order valence-electron chi connectivity index (χ1n) is 2.95. The van der Waals surface area contributed by atoms with Crippen LogP contribution in [0.25, 0.3) is 5.32 Å². The number of likely N-dealkylation sites (N-methyl/N-ethyl adjacent to an activating group) is 1. The molecule has 0 saturated carbocycles. The van der Waals surface area contributed by atoms with Crippen LogP contribution in [0.2, 0.25) is 0 Å². The molecule has 50 valence electrons. The summed E-state index contributed by atoms with van der Waals surface area (Å²) < 4.78 is 2.01. The molecular weight excluding hydrogens is 114 g/mol. The minimum atomic E-state index is 0.871. The van der Waals surface area contributed by atoms with Crippen molar-refractivity contribution < 1.29 is 0 Å². The van der Waals surface area contributed by atoms with Crippen LogP contribution >= 0.6 is 0 Å². The lowest BCUT2D eigenvalue weighted by molar-refractivity contribution is 0.734. The van der Waals surface area contributed by atoms with Crippen molar-refractivity contribution in [1.29, 1.82) is 0 Å². The monoisotopic (exact) mass is 124 g/mol. The first kappa shape index (κ1) is 6.29. The predicted molar refractivity (Wildman–Crippen MR) is 36.4 cm³/mol. The Labute approximate surface area is 54.7 Å². The highest BCUT2D eigenvalue weighted by molar-refractivity contribution is 4.77. The van der Waals surface area contributed by atoms with Gasteiger partial charge in [0.15, 0.2) is 0 Å². The molecule has 0 atom stereocenters. The summed E-state index contributed by atoms with van der Waals surface area (Å²) in [7, 11) is 1.82. The Morgan fingerprint density at radius 3 is 3.11 bits per heavy atom. The summed E-state index contributed by atoms with van der Waals surface area (Å²) in [5.74, 6) is 0. The number of imidazole rings is 1. The zero-order chi connectivity index (χ0) is 6.53. The van der Waals surface area contributed by atoms with Crippen LogP contribution in [0.15, 0.2) is 18.7 Å². The van der Waals surface area contributed by atoms with Crippen molar-refractivity contribution in [1.82, 2.24) is 9.55 Å². The van der Waals surface area contributed by atoms with Crippen LogP contribution < -0.4 is 0 Å². The summed E-state index contributed by atoms with van der Waals surface area (Å²) >= 11 is 0. The first-order valence-corrected chi connectivity index (χ1v) is 2.95. The highest BCUT2D eigenvalue weighted by Crippen LogP contribution is 1.86. The third kappa shape index (κ3) is 1.85. The summed E-state index contributed by atoms with van der Waals surface area (Å²) in [5.41, 5.74) is 0. The lowest BCUT2D eigenvalue weighted by Crippen LogP contribution is -1.97. The Hall–Kier alpha value is -0.830. The second-order valence-corrected chi connectivity index (χ2v) is 1.84. The van der Waals surface area contributed by atoms with E-state index in [0.717, 1.165) is 13.1 Å². The molecule has 1 aromatic heterocycles. The Balaban J connectivity index is 2.30. The normalized spacial score (nSPS) is 9.89. The minimum absolute atomic E-state index is 0.871. The van der Waals surface area contributed by atoms with Crippen LogP contribution in [-0.4, -0.2) is 23.1 Å². The molecule has 0 spiro atoms. The molecule has 3 heteroatoms. The summed E-state index contributed by atoms with van der Waals surface area (Å²) in [4.78, 5) is 3.90. The van der Waals surface area contributed by atoms with Gasteiger partial charge in [0.1, 0.15) is 0 Å². The second-order valence-electron chi connectivity index (χ2n) is 1.84. The molecule has 0 aliphatic rings. The zero-order valence-electron chi connectivity index (χ0n) is 5.49. The highest BCUT2D eigenvalue weighted by atomic mass is 15.0. The van der Waals surface area contributed by atoms with E-state index < -0.39 is 0 Å². The quantitative estimate of drug-likeness (QED) is 0.588. The van der Waals surface area contributed by atoms with Gasteiger partial charge in [0.2, 0.25) is 0 Å². The molecular formula is C6H10N3-. The molecule has 0 amide bonds. The molecule has 0 aliphatic heterocycles. The van der Waals surface area contributed by atoms with E-state index in [1.54, 1.807) is 12.5 Å². The van der Waals surface area contributed by atoms with E-state index in [-0.39, 0.29) is 0 Å². The molecule has 0 aliphatic carbocycles. The van der Waals surface area contributed by atoms with Gasteiger partial charge in [-0.3, -0.25) is 0 Å². The summed E-state index contributed by atoms with van der Waals surface area (Å²) in [5, 5.41) is 3.96. The Morgan fingerprint density at radius 2 is 2.56 bits per heavy atom. The van der Waals surface area contributed by atoms with Crippen LogP contribution in [0.3, 0.4) is 0 Å². The van der Waals surface area contributed by atoms with Gasteiger partial charge < -0.3 is 9.88 Å². The molecule has 1 aromatic rings. The lowest BCUT2D eigenvalue weighted by Gasteiger charge is -2.09. The lowest BCUT2D eigenvalue weighted by atomic mass is 10.6. The van der Waals surface area contributed by atoms with Crippen LogP contribution in [0, 0.1) is 0 Å². The van der Waals surface area contributed by atoms with Gasteiger partial charge in [0.25, 0.3) is 0 Å². The average molecular weight is 124 g/mol. The minimum Gasteiger partial charge on any atom is -0.664 e. The van der Waals surface area contributed by atoms with E-state index in [1.807, 2.05) is 17.8 Å². The highest BCUT2D eigenvalue weighted by Gasteiger charge is 1.80. The van der Waals surface area contributed by atoms with Crippen LogP contribution in [0.5, 0.6) is 0 Å². The van der Waals surface area contributed by atoms with Crippen molar-refractivity contribution in [2.24, 2.45) is 0 Å². The SMILES string of the molecule is C[N-]CCn1ccnc1. The molecule has 3 nitrogen and oxygen atoms in total. The third-order valence-electron chi connectivity index (χ3n) is 1.14. The molecule has 0 fully saturated rings. The number of aromatic nitrogens is 2. The van der Waals surface area contributed by atoms with Crippen LogP contribution in [0.4, 0.5) is 0 Å². The summed E-state index contributed by atoms with van der Waals surface area (Å²) in [6, 6.07) is 0. The maximum Gasteiger partial charge on any atom is 0.0945 e. The fourth-order valence-corrected chi connectivity index (χ4v) is 0.634. The largest absolute Gasteiger partial charge is 0.664 e. The molecule has 0 unspecified atom stereocenters. The predicted octanol–water partition coefficient (Wildman–Crippen LogP) is 0.887.